The predicted octanol–water partition coefficient (Wildman–Crippen LogP) is 2.85. The van der Waals surface area contributed by atoms with Crippen molar-refractivity contribution >= 4 is 22.5 Å². The molecule has 4 nitrogen and oxygen atoms in total. The number of carbonyl (C=O) groups excluding carboxylic acids is 2. The van der Waals surface area contributed by atoms with Crippen molar-refractivity contribution in [3.63, 3.8) is 0 Å². The SMILES string of the molecule is CCOC(=O)C[C@H]1Cc2ccc3ccc(O)cc3c2C1=O. The van der Waals surface area contributed by atoms with E-state index in [2.05, 4.69) is 0 Å². The number of benzene rings is 2. The van der Waals surface area contributed by atoms with Gasteiger partial charge in [0.25, 0.3) is 0 Å². The molecule has 1 aliphatic rings. The maximum atomic E-state index is 12.6. The van der Waals surface area contributed by atoms with E-state index in [-0.39, 0.29) is 29.8 Å². The Bertz CT molecular complexity index is 733. The third-order valence-corrected chi connectivity index (χ3v) is 3.89. The van der Waals surface area contributed by atoms with E-state index in [1.54, 1.807) is 25.1 Å². The Kier molecular flexibility index (Phi) is 3.37. The highest BCUT2D eigenvalue weighted by Crippen LogP contribution is 2.35. The molecule has 1 N–H and O–H groups in total. The number of carbonyl (C=O) groups is 2. The Morgan fingerprint density at radius 1 is 1.33 bits per heavy atom. The fraction of sp³-hybridized carbons (Fsp3) is 0.294. The van der Waals surface area contributed by atoms with Gasteiger partial charge in [0.15, 0.2) is 5.78 Å². The lowest BCUT2D eigenvalue weighted by molar-refractivity contribution is -0.143. The van der Waals surface area contributed by atoms with Gasteiger partial charge in [-0.05, 0) is 41.8 Å². The second kappa shape index (κ2) is 5.20. The molecule has 0 amide bonds. The van der Waals surface area contributed by atoms with Gasteiger partial charge in [0.2, 0.25) is 0 Å². The molecule has 4 heteroatoms. The van der Waals surface area contributed by atoms with Crippen molar-refractivity contribution in [2.75, 3.05) is 6.61 Å². The molecule has 3 rings (SSSR count). The van der Waals surface area contributed by atoms with Gasteiger partial charge in [-0.25, -0.2) is 0 Å². The van der Waals surface area contributed by atoms with Crippen LogP contribution >= 0.6 is 0 Å². The molecular weight excluding hydrogens is 268 g/mol. The Balaban J connectivity index is 1.98. The molecule has 1 atom stereocenters. The molecular formula is C17H16O4. The maximum Gasteiger partial charge on any atom is 0.306 e. The second-order valence-electron chi connectivity index (χ2n) is 5.28. The minimum Gasteiger partial charge on any atom is -0.508 e. The van der Waals surface area contributed by atoms with Gasteiger partial charge in [-0.3, -0.25) is 9.59 Å². The number of ether oxygens (including phenoxy) is 1. The standard InChI is InChI=1S/C17H16O4/c1-2-21-15(19)8-12-7-11-4-3-10-5-6-13(18)9-14(10)16(11)17(12)20/h3-6,9,12,18H,2,7-8H2,1H3/t12-/m1/s1. The molecule has 0 spiro atoms. The van der Waals surface area contributed by atoms with Crippen molar-refractivity contribution in [1.82, 2.24) is 0 Å². The lowest BCUT2D eigenvalue weighted by Crippen LogP contribution is -2.16. The van der Waals surface area contributed by atoms with E-state index < -0.39 is 0 Å². The van der Waals surface area contributed by atoms with Crippen LogP contribution in [0.2, 0.25) is 0 Å². The van der Waals surface area contributed by atoms with E-state index in [9.17, 15) is 14.7 Å². The lowest BCUT2D eigenvalue weighted by atomic mass is 9.98. The number of Topliss-reactive ketones (excluding diaryl/α,β-unsaturated/α-hetero) is 1. The number of esters is 1. The summed E-state index contributed by atoms with van der Waals surface area (Å²) in [5, 5.41) is 11.3. The number of hydrogen-bond donors (Lipinski definition) is 1. The summed E-state index contributed by atoms with van der Waals surface area (Å²) in [5.74, 6) is -0.588. The van der Waals surface area contributed by atoms with E-state index in [1.165, 1.54) is 0 Å². The summed E-state index contributed by atoms with van der Waals surface area (Å²) in [7, 11) is 0. The van der Waals surface area contributed by atoms with Gasteiger partial charge in [0.1, 0.15) is 5.75 Å². The van der Waals surface area contributed by atoms with Crippen molar-refractivity contribution in [1.29, 1.82) is 0 Å². The third-order valence-electron chi connectivity index (χ3n) is 3.89. The Morgan fingerprint density at radius 2 is 2.10 bits per heavy atom. The number of aromatic hydroxyl groups is 1. The van der Waals surface area contributed by atoms with Crippen LogP contribution in [-0.2, 0) is 16.0 Å². The number of rotatable bonds is 3. The smallest absolute Gasteiger partial charge is 0.306 e. The van der Waals surface area contributed by atoms with Crippen molar-refractivity contribution in [2.24, 2.45) is 5.92 Å². The van der Waals surface area contributed by atoms with Gasteiger partial charge in [-0.15, -0.1) is 0 Å². The van der Waals surface area contributed by atoms with Crippen LogP contribution in [0, 0.1) is 5.92 Å². The summed E-state index contributed by atoms with van der Waals surface area (Å²) >= 11 is 0. The molecule has 108 valence electrons. The Hall–Kier alpha value is -2.36. The van der Waals surface area contributed by atoms with E-state index in [0.717, 1.165) is 16.3 Å². The van der Waals surface area contributed by atoms with Crippen LogP contribution in [0.1, 0.15) is 29.3 Å². The predicted molar refractivity (Wildman–Crippen MR) is 78.4 cm³/mol. The summed E-state index contributed by atoms with van der Waals surface area (Å²) < 4.78 is 4.93. The van der Waals surface area contributed by atoms with Gasteiger partial charge in [-0.1, -0.05) is 18.2 Å². The normalized spacial score (nSPS) is 17.0. The van der Waals surface area contributed by atoms with E-state index in [0.29, 0.717) is 18.6 Å². The second-order valence-corrected chi connectivity index (χ2v) is 5.28. The minimum atomic E-state index is -0.355. The van der Waals surface area contributed by atoms with Crippen molar-refractivity contribution in [3.05, 3.63) is 41.5 Å². The number of ketones is 1. The van der Waals surface area contributed by atoms with Crippen LogP contribution < -0.4 is 0 Å². The lowest BCUT2D eigenvalue weighted by Gasteiger charge is -2.07. The molecule has 2 aromatic carbocycles. The van der Waals surface area contributed by atoms with Gasteiger partial charge in [0.05, 0.1) is 13.0 Å². The van der Waals surface area contributed by atoms with Crippen LogP contribution in [-0.4, -0.2) is 23.5 Å². The summed E-state index contributed by atoms with van der Waals surface area (Å²) in [6, 6.07) is 8.87. The molecule has 0 saturated heterocycles. The van der Waals surface area contributed by atoms with Crippen LogP contribution in [0.15, 0.2) is 30.3 Å². The monoisotopic (exact) mass is 284 g/mol. The molecule has 2 aromatic rings. The fourth-order valence-electron chi connectivity index (χ4n) is 2.96. The first kappa shape index (κ1) is 13.6. The maximum absolute atomic E-state index is 12.6. The topological polar surface area (TPSA) is 63.6 Å². The zero-order valence-electron chi connectivity index (χ0n) is 11.8. The van der Waals surface area contributed by atoms with Crippen molar-refractivity contribution in [3.8, 4) is 5.75 Å². The molecule has 0 radical (unpaired) electrons. The van der Waals surface area contributed by atoms with Crippen LogP contribution in [0.25, 0.3) is 10.8 Å². The van der Waals surface area contributed by atoms with Crippen molar-refractivity contribution in [2.45, 2.75) is 19.8 Å². The largest absolute Gasteiger partial charge is 0.508 e. The van der Waals surface area contributed by atoms with Crippen LogP contribution in [0.5, 0.6) is 5.75 Å². The Morgan fingerprint density at radius 3 is 2.86 bits per heavy atom. The first-order chi connectivity index (χ1) is 10.1. The Labute approximate surface area is 122 Å². The molecule has 0 bridgehead atoms. The van der Waals surface area contributed by atoms with Gasteiger partial charge in [-0.2, -0.15) is 0 Å². The van der Waals surface area contributed by atoms with Crippen LogP contribution in [0.3, 0.4) is 0 Å². The summed E-state index contributed by atoms with van der Waals surface area (Å²) in [6.45, 7) is 2.07. The zero-order chi connectivity index (χ0) is 15.0. The van der Waals surface area contributed by atoms with Gasteiger partial charge >= 0.3 is 5.97 Å². The molecule has 0 saturated carbocycles. The van der Waals surface area contributed by atoms with Gasteiger partial charge < -0.3 is 9.84 Å². The molecule has 0 fully saturated rings. The first-order valence-electron chi connectivity index (χ1n) is 7.04. The van der Waals surface area contributed by atoms with E-state index >= 15 is 0 Å². The van der Waals surface area contributed by atoms with E-state index in [1.807, 2.05) is 12.1 Å². The average molecular weight is 284 g/mol. The highest BCUT2D eigenvalue weighted by molar-refractivity contribution is 6.13. The highest BCUT2D eigenvalue weighted by Gasteiger charge is 2.33. The first-order valence-corrected chi connectivity index (χ1v) is 7.04. The fourth-order valence-corrected chi connectivity index (χ4v) is 2.96. The molecule has 0 aromatic heterocycles. The zero-order valence-corrected chi connectivity index (χ0v) is 11.8. The highest BCUT2D eigenvalue weighted by atomic mass is 16.5. The number of phenolic OH excluding ortho intramolecular Hbond substituents is 1. The molecule has 0 aliphatic heterocycles. The molecule has 0 heterocycles. The number of phenols is 1. The molecule has 0 unspecified atom stereocenters. The molecule has 21 heavy (non-hydrogen) atoms. The summed E-state index contributed by atoms with van der Waals surface area (Å²) in [5.41, 5.74) is 1.57. The summed E-state index contributed by atoms with van der Waals surface area (Å²) in [6.07, 6.45) is 0.667. The quantitative estimate of drug-likeness (QED) is 0.880. The van der Waals surface area contributed by atoms with Crippen molar-refractivity contribution < 1.29 is 19.4 Å². The van der Waals surface area contributed by atoms with Gasteiger partial charge in [0, 0.05) is 11.5 Å². The van der Waals surface area contributed by atoms with Crippen LogP contribution in [0.4, 0.5) is 0 Å². The minimum absolute atomic E-state index is 0.0331. The number of fused-ring (bicyclic) bond motifs is 3. The number of hydrogen-bond acceptors (Lipinski definition) is 4. The molecule has 1 aliphatic carbocycles. The van der Waals surface area contributed by atoms with E-state index in [4.69, 9.17) is 4.74 Å². The summed E-state index contributed by atoms with van der Waals surface area (Å²) in [4.78, 5) is 24.2. The third kappa shape index (κ3) is 2.37. The average Bonchev–Trinajstić information content (AvgIpc) is 2.76.